The molecule has 4 rings (SSSR count). The highest BCUT2D eigenvalue weighted by Crippen LogP contribution is 2.37. The molecule has 144 valence electrons. The van der Waals surface area contributed by atoms with Gasteiger partial charge in [0.1, 0.15) is 0 Å². The summed E-state index contributed by atoms with van der Waals surface area (Å²) in [5.74, 6) is 0.413. The largest absolute Gasteiger partial charge is 0.393 e. The van der Waals surface area contributed by atoms with Crippen LogP contribution in [0.5, 0.6) is 0 Å². The van der Waals surface area contributed by atoms with E-state index in [2.05, 4.69) is 4.98 Å². The van der Waals surface area contributed by atoms with Gasteiger partial charge in [-0.1, -0.05) is 0 Å². The number of imidazole rings is 1. The van der Waals surface area contributed by atoms with Crippen LogP contribution in [-0.2, 0) is 7.05 Å². The van der Waals surface area contributed by atoms with Gasteiger partial charge >= 0.3 is 0 Å². The molecule has 2 aromatic heterocycles. The molecule has 2 amide bonds. The van der Waals surface area contributed by atoms with Gasteiger partial charge in [-0.2, -0.15) is 0 Å². The number of likely N-dealkylation sites (tertiary alicyclic amines) is 2. The fourth-order valence-corrected chi connectivity index (χ4v) is 5.00. The van der Waals surface area contributed by atoms with E-state index in [0.717, 1.165) is 17.7 Å². The Morgan fingerprint density at radius 2 is 1.93 bits per heavy atom. The maximum absolute atomic E-state index is 12.9. The molecule has 1 N–H and O–H groups in total. The number of piperidine rings is 1. The summed E-state index contributed by atoms with van der Waals surface area (Å²) in [5.41, 5.74) is 0. The third-order valence-corrected chi connectivity index (χ3v) is 6.62. The highest BCUT2D eigenvalue weighted by atomic mass is 32.1. The van der Waals surface area contributed by atoms with E-state index < -0.39 is 0 Å². The topological polar surface area (TPSA) is 78.7 Å². The Kier molecular flexibility index (Phi) is 5.01. The number of aromatic nitrogens is 2. The Bertz CT molecular complexity index is 838. The molecule has 0 aliphatic carbocycles. The predicted molar refractivity (Wildman–Crippen MR) is 102 cm³/mol. The Balaban J connectivity index is 1.49. The van der Waals surface area contributed by atoms with Gasteiger partial charge in [-0.15, -0.1) is 11.3 Å². The summed E-state index contributed by atoms with van der Waals surface area (Å²) in [7, 11) is 1.82. The van der Waals surface area contributed by atoms with E-state index in [4.69, 9.17) is 0 Å². The number of aryl methyl sites for hydroxylation is 1. The number of carbonyl (C=O) groups excluding carboxylic acids is 2. The zero-order valence-electron chi connectivity index (χ0n) is 15.4. The number of hydrogen-bond donors (Lipinski definition) is 1. The lowest BCUT2D eigenvalue weighted by molar-refractivity contribution is 0.0550. The van der Waals surface area contributed by atoms with Crippen molar-refractivity contribution >= 4 is 23.2 Å². The van der Waals surface area contributed by atoms with Crippen molar-refractivity contribution in [2.75, 3.05) is 19.6 Å². The molecule has 2 aromatic rings. The summed E-state index contributed by atoms with van der Waals surface area (Å²) in [6.07, 6.45) is 6.24. The van der Waals surface area contributed by atoms with Gasteiger partial charge in [0, 0.05) is 44.0 Å². The third kappa shape index (κ3) is 3.51. The molecule has 2 aliphatic heterocycles. The number of amides is 2. The van der Waals surface area contributed by atoms with E-state index in [1.807, 2.05) is 29.0 Å². The van der Waals surface area contributed by atoms with Crippen molar-refractivity contribution in [2.24, 2.45) is 7.05 Å². The molecule has 2 fully saturated rings. The average molecular weight is 388 g/mol. The van der Waals surface area contributed by atoms with Crippen LogP contribution in [0.3, 0.4) is 0 Å². The lowest BCUT2D eigenvalue weighted by Crippen LogP contribution is -2.39. The van der Waals surface area contributed by atoms with Gasteiger partial charge in [0.2, 0.25) is 0 Å². The number of thiophene rings is 1. The van der Waals surface area contributed by atoms with Crippen LogP contribution in [0.15, 0.2) is 24.5 Å². The van der Waals surface area contributed by atoms with Crippen LogP contribution >= 0.6 is 11.3 Å². The smallest absolute Gasteiger partial charge is 0.290 e. The first-order valence-corrected chi connectivity index (χ1v) is 10.2. The second-order valence-electron chi connectivity index (χ2n) is 7.24. The summed E-state index contributed by atoms with van der Waals surface area (Å²) in [6.45, 7) is 1.91. The van der Waals surface area contributed by atoms with Crippen LogP contribution in [0.4, 0.5) is 0 Å². The van der Waals surface area contributed by atoms with E-state index in [1.54, 1.807) is 17.0 Å². The second-order valence-corrected chi connectivity index (χ2v) is 8.36. The van der Waals surface area contributed by atoms with Gasteiger partial charge in [0.05, 0.1) is 17.0 Å². The highest BCUT2D eigenvalue weighted by molar-refractivity contribution is 7.14. The highest BCUT2D eigenvalue weighted by Gasteiger charge is 2.34. The third-order valence-electron chi connectivity index (χ3n) is 5.44. The number of carbonyl (C=O) groups is 2. The van der Waals surface area contributed by atoms with Crippen LogP contribution in [0.1, 0.15) is 56.9 Å². The maximum Gasteiger partial charge on any atom is 0.290 e. The molecule has 0 unspecified atom stereocenters. The molecular weight excluding hydrogens is 364 g/mol. The molecular formula is C19H24N4O3S. The summed E-state index contributed by atoms with van der Waals surface area (Å²) in [5, 5.41) is 9.63. The fourth-order valence-electron chi connectivity index (χ4n) is 3.88. The normalized spacial score (nSPS) is 21.0. The van der Waals surface area contributed by atoms with Crippen LogP contribution in [0.25, 0.3) is 0 Å². The maximum atomic E-state index is 12.9. The van der Waals surface area contributed by atoms with Crippen molar-refractivity contribution in [3.05, 3.63) is 40.1 Å². The minimum atomic E-state index is -0.294. The summed E-state index contributed by atoms with van der Waals surface area (Å²) >= 11 is 1.48. The van der Waals surface area contributed by atoms with Crippen LogP contribution < -0.4 is 0 Å². The van der Waals surface area contributed by atoms with Gasteiger partial charge in [-0.25, -0.2) is 4.98 Å². The second kappa shape index (κ2) is 7.44. The van der Waals surface area contributed by atoms with Crippen LogP contribution in [-0.4, -0.2) is 62.0 Å². The molecule has 0 radical (unpaired) electrons. The van der Waals surface area contributed by atoms with Crippen molar-refractivity contribution in [3.63, 3.8) is 0 Å². The molecule has 0 saturated carbocycles. The zero-order valence-corrected chi connectivity index (χ0v) is 16.2. The zero-order chi connectivity index (χ0) is 19.0. The average Bonchev–Trinajstić information content (AvgIpc) is 3.41. The van der Waals surface area contributed by atoms with Crippen molar-refractivity contribution in [1.29, 1.82) is 0 Å². The van der Waals surface area contributed by atoms with Crippen LogP contribution in [0.2, 0.25) is 0 Å². The lowest BCUT2D eigenvalue weighted by atomic mass is 10.1. The van der Waals surface area contributed by atoms with E-state index >= 15 is 0 Å². The van der Waals surface area contributed by atoms with E-state index in [0.29, 0.717) is 43.2 Å². The molecule has 2 saturated heterocycles. The minimum absolute atomic E-state index is 0.00364. The van der Waals surface area contributed by atoms with Crippen LogP contribution in [0, 0.1) is 0 Å². The van der Waals surface area contributed by atoms with E-state index in [9.17, 15) is 14.7 Å². The fraction of sp³-hybridized carbons (Fsp3) is 0.526. The van der Waals surface area contributed by atoms with E-state index in [-0.39, 0.29) is 24.0 Å². The van der Waals surface area contributed by atoms with Crippen molar-refractivity contribution < 1.29 is 14.7 Å². The Morgan fingerprint density at radius 1 is 1.15 bits per heavy atom. The van der Waals surface area contributed by atoms with Gasteiger partial charge < -0.3 is 19.5 Å². The molecule has 0 bridgehead atoms. The Morgan fingerprint density at radius 3 is 2.63 bits per heavy atom. The predicted octanol–water partition coefficient (Wildman–Crippen LogP) is 2.06. The van der Waals surface area contributed by atoms with Gasteiger partial charge in [0.15, 0.2) is 5.82 Å². The molecule has 2 aliphatic rings. The number of nitrogens with zero attached hydrogens (tertiary/aromatic N) is 4. The molecule has 4 heterocycles. The number of aliphatic hydroxyl groups is 1. The Hall–Kier alpha value is -2.19. The molecule has 0 aromatic carbocycles. The summed E-state index contributed by atoms with van der Waals surface area (Å²) in [6, 6.07) is 3.85. The SMILES string of the molecule is Cn1ccnc1C(=O)N1CCC[C@H]1c1ccc(C(=O)N2CCC(O)CC2)s1. The molecule has 8 heteroatoms. The Labute approximate surface area is 162 Å². The monoisotopic (exact) mass is 388 g/mol. The standard InChI is InChI=1S/C19H24N4O3S/c1-21-12-8-20-17(21)19(26)23-9-2-3-14(23)15-4-5-16(27-15)18(25)22-10-6-13(24)7-11-22/h4-5,8,12-14,24H,2-3,6-7,9-11H2,1H3/t14-/m0/s1. The molecule has 0 spiro atoms. The van der Waals surface area contributed by atoms with Gasteiger partial charge in [-0.05, 0) is 37.8 Å². The minimum Gasteiger partial charge on any atom is -0.393 e. The van der Waals surface area contributed by atoms with Crippen molar-refractivity contribution in [2.45, 2.75) is 37.8 Å². The van der Waals surface area contributed by atoms with Crippen molar-refractivity contribution in [1.82, 2.24) is 19.4 Å². The molecule has 1 atom stereocenters. The first kappa shape index (κ1) is 18.2. The lowest BCUT2D eigenvalue weighted by Gasteiger charge is -2.29. The van der Waals surface area contributed by atoms with Gasteiger partial charge in [0.25, 0.3) is 11.8 Å². The first-order valence-electron chi connectivity index (χ1n) is 9.40. The quantitative estimate of drug-likeness (QED) is 0.873. The van der Waals surface area contributed by atoms with E-state index in [1.165, 1.54) is 11.3 Å². The summed E-state index contributed by atoms with van der Waals surface area (Å²) < 4.78 is 1.74. The first-order chi connectivity index (χ1) is 13.0. The summed E-state index contributed by atoms with van der Waals surface area (Å²) in [4.78, 5) is 35.3. The molecule has 27 heavy (non-hydrogen) atoms. The number of rotatable bonds is 3. The van der Waals surface area contributed by atoms with Gasteiger partial charge in [-0.3, -0.25) is 9.59 Å². The number of hydrogen-bond acceptors (Lipinski definition) is 5. The van der Waals surface area contributed by atoms with Crippen molar-refractivity contribution in [3.8, 4) is 0 Å². The number of aliphatic hydroxyl groups excluding tert-OH is 1. The molecule has 7 nitrogen and oxygen atoms in total.